The van der Waals surface area contributed by atoms with E-state index >= 15 is 0 Å². The molecule has 0 radical (unpaired) electrons. The molecular formula is C36H40FN3O4S. The van der Waals surface area contributed by atoms with Crippen LogP contribution in [0.4, 0.5) is 10.1 Å². The molecule has 7 nitrogen and oxygen atoms in total. The molecule has 0 saturated carbocycles. The zero-order valence-corrected chi connectivity index (χ0v) is 26.9. The second-order valence-corrected chi connectivity index (χ2v) is 13.2. The van der Waals surface area contributed by atoms with Gasteiger partial charge in [0.1, 0.15) is 18.4 Å². The molecule has 4 aromatic carbocycles. The van der Waals surface area contributed by atoms with E-state index in [1.54, 1.807) is 12.1 Å². The predicted octanol–water partition coefficient (Wildman–Crippen LogP) is 6.19. The number of aryl methyl sites for hydroxylation is 2. The largest absolute Gasteiger partial charge is 0.352 e. The van der Waals surface area contributed by atoms with Gasteiger partial charge >= 0.3 is 0 Å². The zero-order chi connectivity index (χ0) is 32.6. The normalized spacial score (nSPS) is 12.6. The Kier molecular flexibility index (Phi) is 11.1. The smallest absolute Gasteiger partial charge is 0.264 e. The first-order chi connectivity index (χ1) is 21.5. The number of sulfonamides is 1. The van der Waals surface area contributed by atoms with Gasteiger partial charge in [-0.3, -0.25) is 13.9 Å². The average molecular weight is 630 g/mol. The van der Waals surface area contributed by atoms with Gasteiger partial charge in [0.15, 0.2) is 0 Å². The summed E-state index contributed by atoms with van der Waals surface area (Å²) >= 11 is 0. The Morgan fingerprint density at radius 2 is 1.47 bits per heavy atom. The first-order valence-corrected chi connectivity index (χ1v) is 16.5. The van der Waals surface area contributed by atoms with Crippen LogP contribution in [0.15, 0.2) is 108 Å². The van der Waals surface area contributed by atoms with Crippen molar-refractivity contribution in [3.63, 3.8) is 0 Å². The molecule has 4 aromatic rings. The highest BCUT2D eigenvalue weighted by Crippen LogP contribution is 2.26. The third-order valence-corrected chi connectivity index (χ3v) is 9.50. The SMILES string of the molecule is CCC(C)NC(=O)C(Cc1ccccc1)N(Cc1cccc(C)c1)C(=O)CN(c1ccc(F)cc1)S(=O)(=O)c1ccc(C)cc1. The standard InChI is InChI=1S/C36H40FN3O4S/c1-5-28(4)38-36(42)34(23-29-11-7-6-8-12-29)39(24-30-13-9-10-27(3)22-30)35(41)25-40(32-18-16-31(37)17-19-32)45(43,44)33-20-14-26(2)15-21-33/h6-22,28,34H,5,23-25H2,1-4H3,(H,38,42). The van der Waals surface area contributed by atoms with E-state index in [0.29, 0.717) is 6.42 Å². The molecule has 236 valence electrons. The van der Waals surface area contributed by atoms with Crippen LogP contribution in [-0.4, -0.2) is 43.8 Å². The van der Waals surface area contributed by atoms with Gasteiger partial charge in [-0.25, -0.2) is 12.8 Å². The molecule has 0 aliphatic heterocycles. The second kappa shape index (κ2) is 15.0. The molecule has 2 unspecified atom stereocenters. The van der Waals surface area contributed by atoms with Crippen LogP contribution in [0.1, 0.15) is 42.5 Å². The van der Waals surface area contributed by atoms with Crippen molar-refractivity contribution in [2.75, 3.05) is 10.8 Å². The van der Waals surface area contributed by atoms with Crippen molar-refractivity contribution in [1.82, 2.24) is 10.2 Å². The molecule has 2 amide bonds. The molecule has 0 saturated heterocycles. The van der Waals surface area contributed by atoms with Crippen molar-refractivity contribution < 1.29 is 22.4 Å². The maximum atomic E-state index is 14.5. The third kappa shape index (κ3) is 8.79. The lowest BCUT2D eigenvalue weighted by Gasteiger charge is -2.34. The summed E-state index contributed by atoms with van der Waals surface area (Å²) in [5.74, 6) is -1.44. The van der Waals surface area contributed by atoms with Crippen LogP contribution in [0.2, 0.25) is 0 Å². The lowest BCUT2D eigenvalue weighted by molar-refractivity contribution is -0.140. The van der Waals surface area contributed by atoms with Crippen LogP contribution in [0.25, 0.3) is 0 Å². The fourth-order valence-electron chi connectivity index (χ4n) is 4.98. The maximum absolute atomic E-state index is 14.5. The Bertz CT molecular complexity index is 1690. The number of carbonyl (C=O) groups is 2. The van der Waals surface area contributed by atoms with E-state index in [4.69, 9.17) is 0 Å². The van der Waals surface area contributed by atoms with Crippen LogP contribution in [0.5, 0.6) is 0 Å². The highest BCUT2D eigenvalue weighted by molar-refractivity contribution is 7.92. The Labute approximate surface area is 265 Å². The topological polar surface area (TPSA) is 86.8 Å². The van der Waals surface area contributed by atoms with E-state index in [2.05, 4.69) is 5.32 Å². The number of nitrogens with zero attached hydrogens (tertiary/aromatic N) is 2. The van der Waals surface area contributed by atoms with Crippen molar-refractivity contribution in [2.45, 2.75) is 64.1 Å². The molecule has 0 spiro atoms. The lowest BCUT2D eigenvalue weighted by atomic mass is 10.0. The van der Waals surface area contributed by atoms with Crippen LogP contribution < -0.4 is 9.62 Å². The third-order valence-electron chi connectivity index (χ3n) is 7.71. The monoisotopic (exact) mass is 629 g/mol. The number of halogens is 1. The number of benzene rings is 4. The van der Waals surface area contributed by atoms with E-state index in [1.165, 1.54) is 29.2 Å². The molecule has 2 atom stereocenters. The van der Waals surface area contributed by atoms with Crippen molar-refractivity contribution in [3.8, 4) is 0 Å². The number of hydrogen-bond acceptors (Lipinski definition) is 4. The van der Waals surface area contributed by atoms with Crippen LogP contribution in [0.3, 0.4) is 0 Å². The van der Waals surface area contributed by atoms with Gasteiger partial charge < -0.3 is 10.2 Å². The molecular weight excluding hydrogens is 589 g/mol. The minimum atomic E-state index is -4.26. The van der Waals surface area contributed by atoms with Gasteiger partial charge in [0, 0.05) is 19.0 Å². The van der Waals surface area contributed by atoms with E-state index in [9.17, 15) is 22.4 Å². The van der Waals surface area contributed by atoms with Gasteiger partial charge in [-0.2, -0.15) is 0 Å². The van der Waals surface area contributed by atoms with E-state index in [0.717, 1.165) is 38.7 Å². The van der Waals surface area contributed by atoms with Gasteiger partial charge in [-0.1, -0.05) is 84.8 Å². The van der Waals surface area contributed by atoms with Gasteiger partial charge in [-0.05, 0) is 74.7 Å². The van der Waals surface area contributed by atoms with Crippen molar-refractivity contribution in [2.24, 2.45) is 0 Å². The molecule has 9 heteroatoms. The zero-order valence-electron chi connectivity index (χ0n) is 26.1. The Morgan fingerprint density at radius 1 is 0.822 bits per heavy atom. The first-order valence-electron chi connectivity index (χ1n) is 15.0. The van der Waals surface area contributed by atoms with Crippen molar-refractivity contribution in [3.05, 3.63) is 131 Å². The summed E-state index contributed by atoms with van der Waals surface area (Å²) < 4.78 is 43.0. The number of amides is 2. The molecule has 1 N–H and O–H groups in total. The average Bonchev–Trinajstić information content (AvgIpc) is 3.02. The van der Waals surface area contributed by atoms with Crippen LogP contribution in [-0.2, 0) is 32.6 Å². The molecule has 0 fully saturated rings. The Balaban J connectivity index is 1.80. The number of anilines is 1. The summed E-state index contributed by atoms with van der Waals surface area (Å²) in [7, 11) is -4.26. The molecule has 0 aliphatic carbocycles. The summed E-state index contributed by atoms with van der Waals surface area (Å²) in [5.41, 5.74) is 3.64. The van der Waals surface area contributed by atoms with Gasteiger partial charge in [0.05, 0.1) is 10.6 Å². The number of carbonyl (C=O) groups excluding carboxylic acids is 2. The summed E-state index contributed by atoms with van der Waals surface area (Å²) in [5, 5.41) is 3.03. The minimum Gasteiger partial charge on any atom is -0.352 e. The molecule has 0 aromatic heterocycles. The highest BCUT2D eigenvalue weighted by atomic mass is 32.2. The quantitative estimate of drug-likeness (QED) is 0.191. The number of hydrogen-bond donors (Lipinski definition) is 1. The van der Waals surface area contributed by atoms with Crippen LogP contribution in [0, 0.1) is 19.7 Å². The molecule has 0 aliphatic rings. The predicted molar refractivity (Wildman–Crippen MR) is 176 cm³/mol. The molecule has 0 bridgehead atoms. The number of nitrogens with one attached hydrogen (secondary N) is 1. The van der Waals surface area contributed by atoms with Gasteiger partial charge in [-0.15, -0.1) is 0 Å². The fourth-order valence-corrected chi connectivity index (χ4v) is 6.39. The van der Waals surface area contributed by atoms with Gasteiger partial charge in [0.25, 0.3) is 10.0 Å². The van der Waals surface area contributed by atoms with Gasteiger partial charge in [0.2, 0.25) is 11.8 Å². The molecule has 45 heavy (non-hydrogen) atoms. The number of rotatable bonds is 13. The maximum Gasteiger partial charge on any atom is 0.264 e. The van der Waals surface area contributed by atoms with E-state index in [-0.39, 0.29) is 35.5 Å². The molecule has 4 rings (SSSR count). The highest BCUT2D eigenvalue weighted by Gasteiger charge is 2.35. The van der Waals surface area contributed by atoms with E-state index in [1.807, 2.05) is 82.3 Å². The Morgan fingerprint density at radius 3 is 2.09 bits per heavy atom. The van der Waals surface area contributed by atoms with Crippen molar-refractivity contribution in [1.29, 1.82) is 0 Å². The Hall–Kier alpha value is -4.50. The van der Waals surface area contributed by atoms with Crippen LogP contribution >= 0.6 is 0 Å². The lowest BCUT2D eigenvalue weighted by Crippen LogP contribution is -2.54. The summed E-state index contributed by atoms with van der Waals surface area (Å²) in [6.45, 7) is 7.12. The van der Waals surface area contributed by atoms with E-state index < -0.39 is 34.3 Å². The summed E-state index contributed by atoms with van der Waals surface area (Å²) in [4.78, 5) is 29.8. The minimum absolute atomic E-state index is 0.00851. The second-order valence-electron chi connectivity index (χ2n) is 11.3. The summed E-state index contributed by atoms with van der Waals surface area (Å²) in [6.07, 6.45) is 0.921. The molecule has 0 heterocycles. The first kappa shape index (κ1) is 33.4. The summed E-state index contributed by atoms with van der Waals surface area (Å²) in [6, 6.07) is 27.3. The van der Waals surface area contributed by atoms with Crippen molar-refractivity contribution >= 4 is 27.5 Å². The fraction of sp³-hybridized carbons (Fsp3) is 0.278.